The minimum Gasteiger partial charge on any atom is -0.480 e. The molecule has 0 radical (unpaired) electrons. The summed E-state index contributed by atoms with van der Waals surface area (Å²) in [7, 11) is -7.16. The summed E-state index contributed by atoms with van der Waals surface area (Å²) in [5.41, 5.74) is 2.33. The first-order chi connectivity index (χ1) is 13.5. The number of sulfonamides is 1. The van der Waals surface area contributed by atoms with Gasteiger partial charge in [0.1, 0.15) is 4.90 Å². The highest BCUT2D eigenvalue weighted by atomic mass is 32.2. The Morgan fingerprint density at radius 1 is 1.21 bits per heavy atom. The third-order valence-corrected chi connectivity index (χ3v) is 7.04. The Hall–Kier alpha value is -2.84. The number of hydrazone groups is 1. The summed E-state index contributed by atoms with van der Waals surface area (Å²) in [4.78, 5) is 11.2. The Bertz CT molecular complexity index is 1050. The molecule has 1 aromatic carbocycles. The van der Waals surface area contributed by atoms with Crippen molar-refractivity contribution in [2.45, 2.75) is 30.1 Å². The molecule has 0 unspecified atom stereocenters. The van der Waals surface area contributed by atoms with Crippen LogP contribution in [0.3, 0.4) is 0 Å². The molecule has 0 fully saturated rings. The second-order valence-corrected chi connectivity index (χ2v) is 9.55. The number of rotatable bonds is 7. The maximum absolute atomic E-state index is 12.6. The predicted octanol–water partition coefficient (Wildman–Crippen LogP) is 0.559. The van der Waals surface area contributed by atoms with Crippen LogP contribution in [-0.4, -0.2) is 57.0 Å². The minimum atomic E-state index is -4.55. The second kappa shape index (κ2) is 8.67. The number of carbonyl (C=O) groups excluding carboxylic acids is 1. The molecule has 0 saturated carbocycles. The summed E-state index contributed by atoms with van der Waals surface area (Å²) in [6.07, 6.45) is 1.65. The van der Waals surface area contributed by atoms with E-state index in [-0.39, 0.29) is 11.6 Å². The average Bonchev–Trinajstić information content (AvgIpc) is 2.64. The third-order valence-electron chi connectivity index (χ3n) is 3.55. The second-order valence-electron chi connectivity index (χ2n) is 5.82. The van der Waals surface area contributed by atoms with Crippen LogP contribution in [0.4, 0.5) is 4.79 Å². The molecule has 29 heavy (non-hydrogen) atoms. The molecular weight excluding hydrogens is 426 g/mol. The minimum absolute atomic E-state index is 0.0864. The first-order valence-corrected chi connectivity index (χ1v) is 11.4. The Labute approximate surface area is 168 Å². The number of hydrogen-bond acceptors (Lipinski definition) is 10. The van der Waals surface area contributed by atoms with Gasteiger partial charge in [-0.1, -0.05) is 29.5 Å². The monoisotopic (exact) mass is 447 g/mol. The number of amides is 2. The molecule has 1 aliphatic heterocycles. The van der Waals surface area contributed by atoms with E-state index in [0.29, 0.717) is 22.5 Å². The molecule has 0 saturated heterocycles. The summed E-state index contributed by atoms with van der Waals surface area (Å²) >= 11 is 0. The normalized spacial score (nSPS) is 14.8. The van der Waals surface area contributed by atoms with E-state index in [2.05, 4.69) is 5.10 Å². The molecule has 1 heterocycles. The van der Waals surface area contributed by atoms with Crippen LogP contribution in [0.25, 0.3) is 0 Å². The van der Waals surface area contributed by atoms with Crippen LogP contribution in [0, 0.1) is 0 Å². The molecule has 2 amide bonds. The molecule has 0 aliphatic carbocycles. The van der Waals surface area contributed by atoms with Crippen molar-refractivity contribution >= 4 is 31.6 Å². The molecule has 0 bridgehead atoms. The van der Waals surface area contributed by atoms with Gasteiger partial charge in [0.25, 0.3) is 10.0 Å². The molecule has 3 N–H and O–H groups in total. The van der Waals surface area contributed by atoms with Crippen LogP contribution < -0.4 is 10.1 Å². The van der Waals surface area contributed by atoms with Crippen molar-refractivity contribution in [1.29, 1.82) is 0 Å². The van der Waals surface area contributed by atoms with Crippen LogP contribution in [0.5, 0.6) is 0 Å². The van der Waals surface area contributed by atoms with E-state index in [1.165, 1.54) is 25.3 Å². The van der Waals surface area contributed by atoms with E-state index in [1.54, 1.807) is 18.6 Å². The SMILES string of the molecule is CCCS(=O)(=O)c1ccccc1S(=O)(=O)NC(=O)NN1N=C(C)C=C(OC)N1O. The number of nitrogens with one attached hydrogen (secondary N) is 2. The highest BCUT2D eigenvalue weighted by molar-refractivity contribution is 7.93. The maximum Gasteiger partial charge on any atom is 0.350 e. The topological polar surface area (TPSA) is 158 Å². The van der Waals surface area contributed by atoms with Gasteiger partial charge in [-0.25, -0.2) is 31.8 Å². The van der Waals surface area contributed by atoms with Crippen molar-refractivity contribution in [3.63, 3.8) is 0 Å². The Morgan fingerprint density at radius 2 is 1.83 bits per heavy atom. The van der Waals surface area contributed by atoms with Gasteiger partial charge < -0.3 is 4.74 Å². The van der Waals surface area contributed by atoms with Gasteiger partial charge >= 0.3 is 6.03 Å². The molecule has 0 spiro atoms. The standard InChI is InChI=1S/C15H21N5O7S2/c1-4-9-28(23,24)12-7-5-6-8-13(12)29(25,26)18-15(21)17-20-16-11(2)10-14(27-3)19(20)22/h5-8,10,22H,4,9H2,1-3H3,(H2,17,18,21). The number of allylic oxidation sites excluding steroid dienone is 1. The molecule has 12 nitrogen and oxygen atoms in total. The van der Waals surface area contributed by atoms with E-state index < -0.39 is 35.7 Å². The van der Waals surface area contributed by atoms with Gasteiger partial charge in [0.05, 0.1) is 23.5 Å². The first-order valence-electron chi connectivity index (χ1n) is 8.27. The van der Waals surface area contributed by atoms with Gasteiger partial charge in [0.2, 0.25) is 5.88 Å². The highest BCUT2D eigenvalue weighted by Gasteiger charge is 2.29. The molecular formula is C15H21N5O7S2. The van der Waals surface area contributed by atoms with Gasteiger partial charge in [0, 0.05) is 6.08 Å². The summed E-state index contributed by atoms with van der Waals surface area (Å²) < 4.78 is 56.6. The highest BCUT2D eigenvalue weighted by Crippen LogP contribution is 2.22. The van der Waals surface area contributed by atoms with Gasteiger partial charge in [-0.05, 0) is 25.5 Å². The lowest BCUT2D eigenvalue weighted by molar-refractivity contribution is -0.261. The summed E-state index contributed by atoms with van der Waals surface area (Å²) in [6, 6.07) is 3.66. The number of methoxy groups -OCH3 is 1. The van der Waals surface area contributed by atoms with Crippen LogP contribution in [-0.2, 0) is 24.6 Å². The number of carbonyl (C=O) groups is 1. The Balaban J connectivity index is 2.25. The van der Waals surface area contributed by atoms with Gasteiger partial charge in [-0.3, -0.25) is 5.21 Å². The summed E-state index contributed by atoms with van der Waals surface area (Å²) in [6.45, 7) is 3.19. The van der Waals surface area contributed by atoms with Crippen molar-refractivity contribution in [3.8, 4) is 0 Å². The number of ether oxygens (including phenoxy) is 1. The number of nitrogens with zero attached hydrogens (tertiary/aromatic N) is 3. The van der Waals surface area contributed by atoms with Crippen molar-refractivity contribution in [1.82, 2.24) is 20.5 Å². The molecule has 0 aromatic heterocycles. The van der Waals surface area contributed by atoms with E-state index in [1.807, 2.05) is 5.43 Å². The number of sulfone groups is 1. The number of hydrazine groups is 2. The Kier molecular flexibility index (Phi) is 6.71. The summed E-state index contributed by atoms with van der Waals surface area (Å²) in [5, 5.41) is 14.6. The zero-order valence-electron chi connectivity index (χ0n) is 15.9. The largest absolute Gasteiger partial charge is 0.480 e. The average molecular weight is 447 g/mol. The third kappa shape index (κ3) is 5.16. The molecule has 2 rings (SSSR count). The number of hydroxylamine groups is 1. The lowest BCUT2D eigenvalue weighted by Gasteiger charge is -2.30. The fraction of sp³-hybridized carbons (Fsp3) is 0.333. The van der Waals surface area contributed by atoms with E-state index in [9.17, 15) is 26.8 Å². The van der Waals surface area contributed by atoms with Crippen LogP contribution in [0.2, 0.25) is 0 Å². The fourth-order valence-corrected chi connectivity index (χ4v) is 5.48. The van der Waals surface area contributed by atoms with Crippen LogP contribution in [0.15, 0.2) is 51.1 Å². The van der Waals surface area contributed by atoms with Gasteiger partial charge in [0.15, 0.2) is 9.84 Å². The molecule has 160 valence electrons. The van der Waals surface area contributed by atoms with Crippen molar-refractivity contribution in [2.75, 3.05) is 12.9 Å². The quantitative estimate of drug-likeness (QED) is 0.543. The smallest absolute Gasteiger partial charge is 0.350 e. The van der Waals surface area contributed by atoms with Gasteiger partial charge in [-0.15, -0.1) is 5.10 Å². The van der Waals surface area contributed by atoms with Crippen LogP contribution in [0.1, 0.15) is 20.3 Å². The first kappa shape index (κ1) is 22.4. The van der Waals surface area contributed by atoms with E-state index in [4.69, 9.17) is 4.74 Å². The maximum atomic E-state index is 12.6. The molecule has 0 atom stereocenters. The van der Waals surface area contributed by atoms with Gasteiger partial charge in [-0.2, -0.15) is 0 Å². The molecule has 14 heteroatoms. The Morgan fingerprint density at radius 3 is 2.41 bits per heavy atom. The van der Waals surface area contributed by atoms with Crippen molar-refractivity contribution in [3.05, 3.63) is 36.2 Å². The lowest BCUT2D eigenvalue weighted by atomic mass is 10.4. The number of benzene rings is 1. The molecule has 1 aliphatic rings. The van der Waals surface area contributed by atoms with E-state index >= 15 is 0 Å². The zero-order chi connectivity index (χ0) is 21.8. The van der Waals surface area contributed by atoms with Crippen molar-refractivity contribution in [2.24, 2.45) is 5.10 Å². The lowest BCUT2D eigenvalue weighted by Crippen LogP contribution is -2.54. The number of hydrogen-bond donors (Lipinski definition) is 3. The van der Waals surface area contributed by atoms with Crippen LogP contribution >= 0.6 is 0 Å². The van der Waals surface area contributed by atoms with Crippen molar-refractivity contribution < 1.29 is 31.6 Å². The molecule has 1 aromatic rings. The fourth-order valence-electron chi connectivity index (χ4n) is 2.36. The predicted molar refractivity (Wildman–Crippen MR) is 101 cm³/mol. The summed E-state index contributed by atoms with van der Waals surface area (Å²) in [5.74, 6) is -0.337. The zero-order valence-corrected chi connectivity index (χ0v) is 17.5. The number of urea groups is 1. The van der Waals surface area contributed by atoms with E-state index in [0.717, 1.165) is 12.1 Å².